The maximum Gasteiger partial charge on any atom is 0.191 e. The minimum Gasteiger partial charge on any atom is -0.382 e. The van der Waals surface area contributed by atoms with Crippen LogP contribution in [0.25, 0.3) is 0 Å². The molecule has 0 aliphatic carbocycles. The summed E-state index contributed by atoms with van der Waals surface area (Å²) in [7, 11) is 0. The van der Waals surface area contributed by atoms with E-state index >= 15 is 0 Å². The topological polar surface area (TPSA) is 48.9 Å². The second kappa shape index (κ2) is 11.7. The first-order valence-corrected chi connectivity index (χ1v) is 9.01. The molecular weight excluding hydrogens is 276 g/mol. The Labute approximate surface area is 136 Å². The largest absolute Gasteiger partial charge is 0.382 e. The van der Waals surface area contributed by atoms with Crippen LogP contribution in [0.1, 0.15) is 47.0 Å². The van der Waals surface area contributed by atoms with Crippen LogP contribution in [0.4, 0.5) is 0 Å². The van der Waals surface area contributed by atoms with Crippen LogP contribution in [0.2, 0.25) is 0 Å². The number of ether oxygens (including phenoxy) is 1. The fourth-order valence-electron chi connectivity index (χ4n) is 2.68. The predicted octanol–water partition coefficient (Wildman–Crippen LogP) is 2.09. The van der Waals surface area contributed by atoms with Crippen molar-refractivity contribution in [1.29, 1.82) is 0 Å². The Kier molecular flexibility index (Phi) is 10.2. The lowest BCUT2D eigenvalue weighted by atomic mass is 9.98. The van der Waals surface area contributed by atoms with E-state index in [2.05, 4.69) is 36.3 Å². The van der Waals surface area contributed by atoms with Gasteiger partial charge >= 0.3 is 0 Å². The molecule has 1 unspecified atom stereocenters. The van der Waals surface area contributed by atoms with Gasteiger partial charge in [-0.1, -0.05) is 6.92 Å². The molecule has 0 aromatic rings. The van der Waals surface area contributed by atoms with Gasteiger partial charge in [-0.2, -0.15) is 0 Å². The van der Waals surface area contributed by atoms with E-state index in [1.807, 2.05) is 6.92 Å². The molecule has 5 heteroatoms. The second-order valence-electron chi connectivity index (χ2n) is 6.26. The molecule has 5 nitrogen and oxygen atoms in total. The molecular formula is C17H36N4O. The van der Waals surface area contributed by atoms with Crippen molar-refractivity contribution < 1.29 is 4.74 Å². The quantitative estimate of drug-likeness (QED) is 0.389. The fraction of sp³-hybridized carbons (Fsp3) is 0.941. The van der Waals surface area contributed by atoms with Crippen LogP contribution in [0.15, 0.2) is 4.99 Å². The number of likely N-dealkylation sites (tertiary alicyclic amines) is 1. The lowest BCUT2D eigenvalue weighted by molar-refractivity contribution is 0.145. The number of aliphatic imine (C=N–C) groups is 1. The predicted molar refractivity (Wildman–Crippen MR) is 94.5 cm³/mol. The average molecular weight is 313 g/mol. The molecule has 0 amide bonds. The Hall–Kier alpha value is -0.810. The zero-order chi connectivity index (χ0) is 16.2. The molecule has 0 radical (unpaired) electrons. The lowest BCUT2D eigenvalue weighted by Gasteiger charge is -2.34. The van der Waals surface area contributed by atoms with Crippen molar-refractivity contribution in [3.05, 3.63) is 0 Å². The fourth-order valence-corrected chi connectivity index (χ4v) is 2.68. The second-order valence-corrected chi connectivity index (χ2v) is 6.26. The molecule has 0 saturated carbocycles. The molecule has 130 valence electrons. The number of guanidine groups is 1. The van der Waals surface area contributed by atoms with Gasteiger partial charge in [0.15, 0.2) is 5.96 Å². The molecule has 22 heavy (non-hydrogen) atoms. The van der Waals surface area contributed by atoms with Crippen molar-refractivity contribution in [1.82, 2.24) is 15.5 Å². The molecule has 1 aliphatic rings. The van der Waals surface area contributed by atoms with Crippen molar-refractivity contribution in [3.63, 3.8) is 0 Å². The molecule has 0 bridgehead atoms. The van der Waals surface area contributed by atoms with E-state index < -0.39 is 0 Å². The zero-order valence-electron chi connectivity index (χ0n) is 15.0. The van der Waals surface area contributed by atoms with Gasteiger partial charge in [0.2, 0.25) is 0 Å². The van der Waals surface area contributed by atoms with Crippen LogP contribution in [-0.4, -0.2) is 62.8 Å². The van der Waals surface area contributed by atoms with Gasteiger partial charge in [-0.05, 0) is 59.0 Å². The Balaban J connectivity index is 2.30. The molecule has 1 aliphatic heterocycles. The summed E-state index contributed by atoms with van der Waals surface area (Å²) in [4.78, 5) is 7.31. The Morgan fingerprint density at radius 2 is 2.00 bits per heavy atom. The summed E-state index contributed by atoms with van der Waals surface area (Å²) >= 11 is 0. The third kappa shape index (κ3) is 7.99. The smallest absolute Gasteiger partial charge is 0.191 e. The summed E-state index contributed by atoms with van der Waals surface area (Å²) in [5.74, 6) is 1.81. The Morgan fingerprint density at radius 1 is 1.27 bits per heavy atom. The van der Waals surface area contributed by atoms with Crippen molar-refractivity contribution in [2.75, 3.05) is 45.9 Å². The van der Waals surface area contributed by atoms with Crippen molar-refractivity contribution in [3.8, 4) is 0 Å². The third-order valence-corrected chi connectivity index (χ3v) is 4.26. The van der Waals surface area contributed by atoms with Gasteiger partial charge < -0.3 is 15.4 Å². The van der Waals surface area contributed by atoms with Gasteiger partial charge in [0.25, 0.3) is 0 Å². The molecule has 2 N–H and O–H groups in total. The molecule has 1 heterocycles. The van der Waals surface area contributed by atoms with E-state index in [0.29, 0.717) is 6.04 Å². The number of rotatable bonds is 9. The van der Waals surface area contributed by atoms with Crippen LogP contribution in [0.5, 0.6) is 0 Å². The highest BCUT2D eigenvalue weighted by atomic mass is 16.5. The number of nitrogens with one attached hydrogen (secondary N) is 2. The van der Waals surface area contributed by atoms with E-state index in [4.69, 9.17) is 9.73 Å². The highest BCUT2D eigenvalue weighted by Crippen LogP contribution is 2.17. The number of nitrogens with zero attached hydrogens (tertiary/aromatic N) is 2. The summed E-state index contributed by atoms with van der Waals surface area (Å²) in [5, 5.41) is 6.70. The SMILES string of the molecule is CCNC(=NCC(C)N1CCC(C)CC1)NCCCOCC. The maximum atomic E-state index is 5.35. The monoisotopic (exact) mass is 312 g/mol. The van der Waals surface area contributed by atoms with Gasteiger partial charge in [0, 0.05) is 32.3 Å². The van der Waals surface area contributed by atoms with E-state index in [1.165, 1.54) is 25.9 Å². The van der Waals surface area contributed by atoms with Crippen LogP contribution in [-0.2, 0) is 4.74 Å². The van der Waals surface area contributed by atoms with Crippen molar-refractivity contribution in [2.24, 2.45) is 10.9 Å². The van der Waals surface area contributed by atoms with Crippen LogP contribution >= 0.6 is 0 Å². The van der Waals surface area contributed by atoms with E-state index in [1.54, 1.807) is 0 Å². The van der Waals surface area contributed by atoms with Gasteiger partial charge in [-0.15, -0.1) is 0 Å². The normalized spacial score (nSPS) is 19.2. The first kappa shape index (κ1) is 19.2. The summed E-state index contributed by atoms with van der Waals surface area (Å²) in [5.41, 5.74) is 0. The van der Waals surface area contributed by atoms with E-state index in [-0.39, 0.29) is 0 Å². The van der Waals surface area contributed by atoms with E-state index in [0.717, 1.165) is 51.1 Å². The van der Waals surface area contributed by atoms with Crippen molar-refractivity contribution >= 4 is 5.96 Å². The van der Waals surface area contributed by atoms with Crippen molar-refractivity contribution in [2.45, 2.75) is 53.0 Å². The molecule has 0 aromatic heterocycles. The van der Waals surface area contributed by atoms with Gasteiger partial charge in [0.1, 0.15) is 0 Å². The van der Waals surface area contributed by atoms with Crippen LogP contribution < -0.4 is 10.6 Å². The average Bonchev–Trinajstić information content (AvgIpc) is 2.52. The van der Waals surface area contributed by atoms with Gasteiger partial charge in [0.05, 0.1) is 6.54 Å². The van der Waals surface area contributed by atoms with Gasteiger partial charge in [-0.3, -0.25) is 9.89 Å². The Morgan fingerprint density at radius 3 is 2.64 bits per heavy atom. The summed E-state index contributed by atoms with van der Waals surface area (Å²) in [6.07, 6.45) is 3.66. The molecule has 0 aromatic carbocycles. The Bertz CT molecular complexity index is 301. The molecule has 1 saturated heterocycles. The summed E-state index contributed by atoms with van der Waals surface area (Å²) in [6.45, 7) is 15.5. The first-order valence-electron chi connectivity index (χ1n) is 9.01. The highest BCUT2D eigenvalue weighted by Gasteiger charge is 2.19. The van der Waals surface area contributed by atoms with Crippen LogP contribution in [0, 0.1) is 5.92 Å². The summed E-state index contributed by atoms with van der Waals surface area (Å²) < 4.78 is 5.35. The van der Waals surface area contributed by atoms with Gasteiger partial charge in [-0.25, -0.2) is 0 Å². The molecule has 0 spiro atoms. The molecule has 1 rings (SSSR count). The number of hydrogen-bond donors (Lipinski definition) is 2. The minimum absolute atomic E-state index is 0.520. The zero-order valence-corrected chi connectivity index (χ0v) is 15.0. The standard InChI is InChI=1S/C17H36N4O/c1-5-18-17(19-10-7-13-22-6-2)20-14-16(4)21-11-8-15(3)9-12-21/h15-16H,5-14H2,1-4H3,(H2,18,19,20). The van der Waals surface area contributed by atoms with E-state index in [9.17, 15) is 0 Å². The number of hydrogen-bond acceptors (Lipinski definition) is 3. The summed E-state index contributed by atoms with van der Waals surface area (Å²) in [6, 6.07) is 0.520. The number of piperidine rings is 1. The molecule has 1 atom stereocenters. The van der Waals surface area contributed by atoms with Crippen LogP contribution in [0.3, 0.4) is 0 Å². The lowest BCUT2D eigenvalue weighted by Crippen LogP contribution is -2.43. The maximum absolute atomic E-state index is 5.35. The first-order chi connectivity index (χ1) is 10.7. The minimum atomic E-state index is 0.520. The third-order valence-electron chi connectivity index (χ3n) is 4.26. The molecule has 1 fully saturated rings. The highest BCUT2D eigenvalue weighted by molar-refractivity contribution is 5.79.